The lowest BCUT2D eigenvalue weighted by Gasteiger charge is -2.16. The van der Waals surface area contributed by atoms with Gasteiger partial charge in [-0.1, -0.05) is 18.2 Å². The summed E-state index contributed by atoms with van der Waals surface area (Å²) in [5.74, 6) is 0.551. The first-order chi connectivity index (χ1) is 10.8. The molecule has 1 fully saturated rings. The van der Waals surface area contributed by atoms with Crippen LogP contribution >= 0.6 is 0 Å². The molecule has 1 amide bonds. The second-order valence-electron chi connectivity index (χ2n) is 5.74. The maximum absolute atomic E-state index is 11.5. The lowest BCUT2D eigenvalue weighted by atomic mass is 10.1. The maximum Gasteiger partial charge on any atom is 0.223 e. The normalized spacial score (nSPS) is 18.6. The molecule has 6 heteroatoms. The van der Waals surface area contributed by atoms with Crippen molar-refractivity contribution < 1.29 is 9.42 Å². The summed E-state index contributed by atoms with van der Waals surface area (Å²) in [7, 11) is 0. The fraction of sp³-hybridized carbons (Fsp3) is 0.438. The Bertz CT molecular complexity index is 667. The van der Waals surface area contributed by atoms with Crippen molar-refractivity contribution >= 4 is 16.9 Å². The van der Waals surface area contributed by atoms with Gasteiger partial charge in [0, 0.05) is 26.1 Å². The number of likely N-dealkylation sites (tertiary alicyclic amines) is 1. The van der Waals surface area contributed by atoms with Crippen LogP contribution in [0.25, 0.3) is 11.0 Å². The third kappa shape index (κ3) is 3.33. The number of rotatable bonds is 6. The van der Waals surface area contributed by atoms with Gasteiger partial charge >= 0.3 is 0 Å². The Kier molecular flexibility index (Phi) is 4.48. The minimum Gasteiger partial charge on any atom is -0.356 e. The van der Waals surface area contributed by atoms with Crippen molar-refractivity contribution in [1.82, 2.24) is 20.5 Å². The van der Waals surface area contributed by atoms with E-state index in [-0.39, 0.29) is 5.91 Å². The van der Waals surface area contributed by atoms with Crippen molar-refractivity contribution in [3.05, 3.63) is 36.4 Å². The van der Waals surface area contributed by atoms with Crippen LogP contribution in [0.4, 0.5) is 0 Å². The summed E-state index contributed by atoms with van der Waals surface area (Å²) in [4.78, 5) is 13.9. The first-order valence-electron chi connectivity index (χ1n) is 7.56. The van der Waals surface area contributed by atoms with Crippen molar-refractivity contribution in [3.8, 4) is 0 Å². The van der Waals surface area contributed by atoms with Crippen molar-refractivity contribution in [2.45, 2.75) is 19.4 Å². The molecule has 3 rings (SSSR count). The van der Waals surface area contributed by atoms with E-state index in [2.05, 4.69) is 33.2 Å². The highest BCUT2D eigenvalue weighted by Gasteiger charge is 2.23. The molecule has 22 heavy (non-hydrogen) atoms. The van der Waals surface area contributed by atoms with Crippen LogP contribution in [-0.4, -0.2) is 40.8 Å². The van der Waals surface area contributed by atoms with Gasteiger partial charge in [-0.3, -0.25) is 9.69 Å². The largest absolute Gasteiger partial charge is 0.356 e. The Hall–Kier alpha value is -2.21. The summed E-state index contributed by atoms with van der Waals surface area (Å²) in [6, 6.07) is 5.94. The molecule has 0 aliphatic carbocycles. The summed E-state index contributed by atoms with van der Waals surface area (Å²) < 4.78 is 4.80. The topological polar surface area (TPSA) is 71.3 Å². The number of hydrogen-bond donors (Lipinski definition) is 1. The molecule has 6 nitrogen and oxygen atoms in total. The van der Waals surface area contributed by atoms with Crippen molar-refractivity contribution in [3.63, 3.8) is 0 Å². The van der Waals surface area contributed by atoms with Crippen LogP contribution in [0, 0.1) is 5.92 Å². The molecule has 2 aromatic rings. The van der Waals surface area contributed by atoms with Crippen LogP contribution in [0.3, 0.4) is 0 Å². The maximum atomic E-state index is 11.5. The van der Waals surface area contributed by atoms with Crippen LogP contribution in [0.5, 0.6) is 0 Å². The molecule has 0 unspecified atom stereocenters. The minimum atomic E-state index is 0.0480. The highest BCUT2D eigenvalue weighted by Crippen LogP contribution is 2.21. The number of carbonyl (C=O) groups is 1. The first-order valence-corrected chi connectivity index (χ1v) is 7.56. The van der Waals surface area contributed by atoms with Gasteiger partial charge in [0.25, 0.3) is 0 Å². The molecule has 2 heterocycles. The quantitative estimate of drug-likeness (QED) is 0.823. The second-order valence-corrected chi connectivity index (χ2v) is 5.74. The Morgan fingerprint density at radius 2 is 2.41 bits per heavy atom. The van der Waals surface area contributed by atoms with Crippen LogP contribution in [-0.2, 0) is 11.3 Å². The molecule has 1 saturated heterocycles. The number of hydrogen-bond acceptors (Lipinski definition) is 5. The van der Waals surface area contributed by atoms with Crippen molar-refractivity contribution in [1.29, 1.82) is 0 Å². The van der Waals surface area contributed by atoms with Gasteiger partial charge < -0.3 is 5.32 Å². The summed E-state index contributed by atoms with van der Waals surface area (Å²) in [5, 5.41) is 10.8. The average Bonchev–Trinajstić information content (AvgIpc) is 3.15. The highest BCUT2D eigenvalue weighted by atomic mass is 16.6. The van der Waals surface area contributed by atoms with E-state index in [1.807, 2.05) is 12.1 Å². The first kappa shape index (κ1) is 14.7. The van der Waals surface area contributed by atoms with Gasteiger partial charge in [0.15, 0.2) is 0 Å². The standard InChI is InChI=1S/C16H20N4O2/c1-2-4-15(21)17-9-12-7-8-20(10-12)11-13-5-3-6-14-16(13)19-22-18-14/h2-3,5-6,12H,1,4,7-11H2,(H,17,21)/t12-/m1/s1. The number of nitrogens with zero attached hydrogens (tertiary/aromatic N) is 3. The zero-order valence-corrected chi connectivity index (χ0v) is 12.5. The SMILES string of the molecule is C=CCC(=O)NC[C@H]1CCN(Cc2cccc3nonc23)C1. The van der Waals surface area contributed by atoms with Gasteiger partial charge in [-0.25, -0.2) is 4.63 Å². The second kappa shape index (κ2) is 6.70. The smallest absolute Gasteiger partial charge is 0.223 e. The van der Waals surface area contributed by atoms with Gasteiger partial charge in [-0.15, -0.1) is 6.58 Å². The van der Waals surface area contributed by atoms with E-state index in [0.717, 1.165) is 49.2 Å². The monoisotopic (exact) mass is 300 g/mol. The molecular weight excluding hydrogens is 280 g/mol. The lowest BCUT2D eigenvalue weighted by Crippen LogP contribution is -2.30. The fourth-order valence-corrected chi connectivity index (χ4v) is 2.92. The lowest BCUT2D eigenvalue weighted by molar-refractivity contribution is -0.120. The molecule has 1 aliphatic heterocycles. The zero-order chi connectivity index (χ0) is 15.4. The summed E-state index contributed by atoms with van der Waals surface area (Å²) in [6.07, 6.45) is 3.11. The number of nitrogens with one attached hydrogen (secondary N) is 1. The molecule has 1 aromatic heterocycles. The number of fused-ring (bicyclic) bond motifs is 1. The third-order valence-electron chi connectivity index (χ3n) is 4.05. The number of amides is 1. The Labute approximate surface area is 129 Å². The zero-order valence-electron chi connectivity index (χ0n) is 12.5. The van der Waals surface area contributed by atoms with Crippen molar-refractivity contribution in [2.24, 2.45) is 5.92 Å². The summed E-state index contributed by atoms with van der Waals surface area (Å²) in [5.41, 5.74) is 2.77. The molecule has 1 aliphatic rings. The van der Waals surface area contributed by atoms with Gasteiger partial charge in [0.2, 0.25) is 5.91 Å². The van der Waals surface area contributed by atoms with E-state index >= 15 is 0 Å². The molecule has 0 radical (unpaired) electrons. The van der Waals surface area contributed by atoms with E-state index in [0.29, 0.717) is 12.3 Å². The minimum absolute atomic E-state index is 0.0480. The van der Waals surface area contributed by atoms with Gasteiger partial charge in [0.05, 0.1) is 0 Å². The molecule has 0 bridgehead atoms. The highest BCUT2D eigenvalue weighted by molar-refractivity contribution is 5.77. The van der Waals surface area contributed by atoms with E-state index < -0.39 is 0 Å². The number of benzene rings is 1. The predicted molar refractivity (Wildman–Crippen MR) is 83.0 cm³/mol. The molecular formula is C16H20N4O2. The Morgan fingerprint density at radius 3 is 3.27 bits per heavy atom. The molecule has 116 valence electrons. The van der Waals surface area contributed by atoms with Gasteiger partial charge in [-0.2, -0.15) is 0 Å². The van der Waals surface area contributed by atoms with Crippen LogP contribution in [0.1, 0.15) is 18.4 Å². The van der Waals surface area contributed by atoms with Gasteiger partial charge in [0.1, 0.15) is 11.0 Å². The third-order valence-corrected chi connectivity index (χ3v) is 4.05. The van der Waals surface area contributed by atoms with Crippen LogP contribution in [0.2, 0.25) is 0 Å². The Morgan fingerprint density at radius 1 is 1.50 bits per heavy atom. The number of aromatic nitrogens is 2. The molecule has 0 spiro atoms. The van der Waals surface area contributed by atoms with Crippen LogP contribution < -0.4 is 5.32 Å². The summed E-state index contributed by atoms with van der Waals surface area (Å²) >= 11 is 0. The van der Waals surface area contributed by atoms with Gasteiger partial charge in [-0.05, 0) is 40.8 Å². The molecule has 0 saturated carbocycles. The molecule has 1 atom stereocenters. The summed E-state index contributed by atoms with van der Waals surface area (Å²) in [6.45, 7) is 7.16. The van der Waals surface area contributed by atoms with E-state index in [1.165, 1.54) is 0 Å². The predicted octanol–water partition coefficient (Wildman–Crippen LogP) is 1.74. The van der Waals surface area contributed by atoms with E-state index in [1.54, 1.807) is 6.08 Å². The molecule has 1 aromatic carbocycles. The van der Waals surface area contributed by atoms with E-state index in [9.17, 15) is 4.79 Å². The number of carbonyl (C=O) groups excluding carboxylic acids is 1. The Balaban J connectivity index is 1.54. The van der Waals surface area contributed by atoms with Crippen LogP contribution in [0.15, 0.2) is 35.5 Å². The fourth-order valence-electron chi connectivity index (χ4n) is 2.92. The van der Waals surface area contributed by atoms with E-state index in [4.69, 9.17) is 4.63 Å². The molecule has 1 N–H and O–H groups in total. The average molecular weight is 300 g/mol. The van der Waals surface area contributed by atoms with Crippen molar-refractivity contribution in [2.75, 3.05) is 19.6 Å².